The lowest BCUT2D eigenvalue weighted by Gasteiger charge is -2.18. The first kappa shape index (κ1) is 17.2. The first-order valence-electron chi connectivity index (χ1n) is 7.27. The van der Waals surface area contributed by atoms with Crippen LogP contribution in [0, 0.1) is 6.92 Å². The smallest absolute Gasteiger partial charge is 0.255 e. The Labute approximate surface area is 136 Å². The van der Waals surface area contributed by atoms with E-state index in [-0.39, 0.29) is 18.5 Å². The monoisotopic (exact) mass is 344 g/mol. The van der Waals surface area contributed by atoms with E-state index in [1.165, 1.54) is 0 Å². The topological polar surface area (TPSA) is 66.5 Å². The van der Waals surface area contributed by atoms with Gasteiger partial charge in [0.2, 0.25) is 10.0 Å². The minimum atomic E-state index is -3.40. The third kappa shape index (κ3) is 3.80. The van der Waals surface area contributed by atoms with Crippen LogP contribution in [0.25, 0.3) is 0 Å². The van der Waals surface area contributed by atoms with E-state index in [2.05, 4.69) is 4.72 Å². The van der Waals surface area contributed by atoms with Crippen LogP contribution in [-0.4, -0.2) is 43.6 Å². The van der Waals surface area contributed by atoms with Crippen LogP contribution in [0.3, 0.4) is 0 Å². The largest absolute Gasteiger partial charge is 0.337 e. The molecule has 1 saturated heterocycles. The summed E-state index contributed by atoms with van der Waals surface area (Å²) in [4.78, 5) is 14.1. The Balaban J connectivity index is 2.11. The van der Waals surface area contributed by atoms with E-state index in [0.29, 0.717) is 23.6 Å². The molecule has 0 aromatic heterocycles. The highest BCUT2D eigenvalue weighted by molar-refractivity contribution is 7.90. The molecular formula is C15H21ClN2O3S. The van der Waals surface area contributed by atoms with Gasteiger partial charge in [0.15, 0.2) is 0 Å². The molecule has 122 valence electrons. The highest BCUT2D eigenvalue weighted by atomic mass is 35.5. The van der Waals surface area contributed by atoms with Crippen LogP contribution in [0.1, 0.15) is 36.2 Å². The van der Waals surface area contributed by atoms with Gasteiger partial charge in [0, 0.05) is 19.1 Å². The van der Waals surface area contributed by atoms with Gasteiger partial charge < -0.3 is 4.90 Å². The molecule has 2 rings (SSSR count). The van der Waals surface area contributed by atoms with E-state index in [1.807, 2.05) is 13.0 Å². The fourth-order valence-electron chi connectivity index (χ4n) is 2.55. The van der Waals surface area contributed by atoms with Crippen LogP contribution in [0.4, 0.5) is 0 Å². The number of halogens is 1. The quantitative estimate of drug-likeness (QED) is 0.910. The second-order valence-corrected chi connectivity index (χ2v) is 8.36. The molecule has 0 unspecified atom stereocenters. The van der Waals surface area contributed by atoms with Gasteiger partial charge in [-0.15, -0.1) is 0 Å². The number of hydrogen-bond acceptors (Lipinski definition) is 3. The Morgan fingerprint density at radius 3 is 2.68 bits per heavy atom. The van der Waals surface area contributed by atoms with Crippen molar-refractivity contribution >= 4 is 27.5 Å². The van der Waals surface area contributed by atoms with E-state index < -0.39 is 15.3 Å². The number of nitrogens with one attached hydrogen (secondary N) is 1. The van der Waals surface area contributed by atoms with Gasteiger partial charge in [0.05, 0.1) is 15.8 Å². The number of carbonyl (C=O) groups excluding carboxylic acids is 1. The predicted octanol–water partition coefficient (Wildman–Crippen LogP) is 2.19. The van der Waals surface area contributed by atoms with E-state index >= 15 is 0 Å². The zero-order chi connectivity index (χ0) is 16.5. The molecule has 5 nitrogen and oxygen atoms in total. The van der Waals surface area contributed by atoms with Crippen LogP contribution >= 0.6 is 11.6 Å². The number of hydrogen-bond donors (Lipinski definition) is 1. The molecule has 7 heteroatoms. The summed E-state index contributed by atoms with van der Waals surface area (Å²) in [5.41, 5.74) is 1.40. The summed E-state index contributed by atoms with van der Waals surface area (Å²) in [6.07, 6.45) is 0.442. The van der Waals surface area contributed by atoms with Crippen LogP contribution in [0.2, 0.25) is 5.02 Å². The highest BCUT2D eigenvalue weighted by Gasteiger charge is 2.36. The third-order valence-corrected chi connectivity index (χ3v) is 6.00. The van der Waals surface area contributed by atoms with Gasteiger partial charge in [-0.1, -0.05) is 17.7 Å². The van der Waals surface area contributed by atoms with Crippen molar-refractivity contribution in [3.05, 3.63) is 34.3 Å². The highest BCUT2D eigenvalue weighted by Crippen LogP contribution is 2.23. The van der Waals surface area contributed by atoms with Gasteiger partial charge in [0.1, 0.15) is 0 Å². The van der Waals surface area contributed by atoms with Crippen LogP contribution in [0.5, 0.6) is 0 Å². The van der Waals surface area contributed by atoms with Crippen LogP contribution < -0.4 is 4.72 Å². The number of rotatable bonds is 4. The van der Waals surface area contributed by atoms with Crippen molar-refractivity contribution in [1.82, 2.24) is 9.62 Å². The molecule has 0 saturated carbocycles. The molecule has 0 aliphatic carbocycles. The standard InChI is InChI=1S/C15H21ClN2O3S/c1-10(2)17-22(20,21)12-6-7-18(9-12)15(19)13-5-4-11(3)8-14(13)16/h4-5,8,10,12,17H,6-7,9H2,1-3H3/t12-/m0/s1. The molecule has 1 aliphatic heterocycles. The minimum Gasteiger partial charge on any atom is -0.337 e. The van der Waals surface area contributed by atoms with Gasteiger partial charge >= 0.3 is 0 Å². The fraction of sp³-hybridized carbons (Fsp3) is 0.533. The number of nitrogens with zero attached hydrogens (tertiary/aromatic N) is 1. The first-order valence-corrected chi connectivity index (χ1v) is 9.19. The summed E-state index contributed by atoms with van der Waals surface area (Å²) >= 11 is 6.12. The van der Waals surface area contributed by atoms with Crippen LogP contribution in [0.15, 0.2) is 18.2 Å². The molecule has 1 N–H and O–H groups in total. The average molecular weight is 345 g/mol. The van der Waals surface area contributed by atoms with Gasteiger partial charge in [-0.3, -0.25) is 4.79 Å². The van der Waals surface area contributed by atoms with Gasteiger partial charge in [0.25, 0.3) is 5.91 Å². The maximum atomic E-state index is 12.5. The normalized spacial score (nSPS) is 19.0. The molecule has 1 aromatic carbocycles. The molecule has 1 aromatic rings. The number of amides is 1. The van der Waals surface area contributed by atoms with Crippen molar-refractivity contribution in [1.29, 1.82) is 0 Å². The summed E-state index contributed by atoms with van der Waals surface area (Å²) in [6, 6.07) is 5.10. The van der Waals surface area contributed by atoms with Crippen molar-refractivity contribution in [2.45, 2.75) is 38.5 Å². The van der Waals surface area contributed by atoms with Gasteiger partial charge in [-0.2, -0.15) is 0 Å². The van der Waals surface area contributed by atoms with Crippen molar-refractivity contribution < 1.29 is 13.2 Å². The van der Waals surface area contributed by atoms with Crippen molar-refractivity contribution in [2.75, 3.05) is 13.1 Å². The Hall–Kier alpha value is -1.11. The predicted molar refractivity (Wildman–Crippen MR) is 87.7 cm³/mol. The fourth-order valence-corrected chi connectivity index (χ4v) is 4.51. The molecule has 1 heterocycles. The molecule has 22 heavy (non-hydrogen) atoms. The molecule has 1 atom stereocenters. The molecule has 1 fully saturated rings. The van der Waals surface area contributed by atoms with Crippen molar-refractivity contribution in [3.8, 4) is 0 Å². The summed E-state index contributed by atoms with van der Waals surface area (Å²) in [5, 5.41) is -0.167. The maximum absolute atomic E-state index is 12.5. The van der Waals surface area contributed by atoms with Crippen molar-refractivity contribution in [3.63, 3.8) is 0 Å². The molecule has 1 aliphatic rings. The van der Waals surface area contributed by atoms with Gasteiger partial charge in [-0.25, -0.2) is 13.1 Å². The molecular weight excluding hydrogens is 324 g/mol. The summed E-state index contributed by atoms with van der Waals surface area (Å²) in [6.45, 7) is 6.08. The van der Waals surface area contributed by atoms with E-state index in [1.54, 1.807) is 30.9 Å². The van der Waals surface area contributed by atoms with Crippen molar-refractivity contribution in [2.24, 2.45) is 0 Å². The van der Waals surface area contributed by atoms with E-state index in [9.17, 15) is 13.2 Å². The molecule has 0 radical (unpaired) electrons. The molecule has 1 amide bonds. The molecule has 0 spiro atoms. The first-order chi connectivity index (χ1) is 10.2. The Morgan fingerprint density at radius 1 is 1.41 bits per heavy atom. The number of sulfonamides is 1. The lowest BCUT2D eigenvalue weighted by atomic mass is 10.1. The summed E-state index contributed by atoms with van der Waals surface area (Å²) < 4.78 is 27.0. The lowest BCUT2D eigenvalue weighted by molar-refractivity contribution is 0.0793. The summed E-state index contributed by atoms with van der Waals surface area (Å²) in [5.74, 6) is -0.216. The number of aryl methyl sites for hydroxylation is 1. The SMILES string of the molecule is Cc1ccc(C(=O)N2CC[C@H](S(=O)(=O)NC(C)C)C2)c(Cl)c1. The van der Waals surface area contributed by atoms with E-state index in [0.717, 1.165) is 5.56 Å². The second-order valence-electron chi connectivity index (χ2n) is 5.96. The zero-order valence-electron chi connectivity index (χ0n) is 13.0. The number of carbonyl (C=O) groups is 1. The Kier molecular flexibility index (Phi) is 5.14. The number of likely N-dealkylation sites (tertiary alicyclic amines) is 1. The summed E-state index contributed by atoms with van der Waals surface area (Å²) in [7, 11) is -3.40. The maximum Gasteiger partial charge on any atom is 0.255 e. The number of benzene rings is 1. The molecule has 0 bridgehead atoms. The third-order valence-electron chi connectivity index (χ3n) is 3.63. The average Bonchev–Trinajstić information content (AvgIpc) is 2.86. The Morgan fingerprint density at radius 2 is 2.09 bits per heavy atom. The zero-order valence-corrected chi connectivity index (χ0v) is 14.5. The Bertz CT molecular complexity index is 673. The minimum absolute atomic E-state index is 0.152. The van der Waals surface area contributed by atoms with Gasteiger partial charge in [-0.05, 0) is 44.9 Å². The second kappa shape index (κ2) is 6.56. The van der Waals surface area contributed by atoms with Crippen LogP contribution in [-0.2, 0) is 10.0 Å². The lowest BCUT2D eigenvalue weighted by Crippen LogP contribution is -2.40. The van der Waals surface area contributed by atoms with E-state index in [4.69, 9.17) is 11.6 Å².